The SMILES string of the molecule is CCOc1ccc(C(=O)N2CCC(NC(=O)COc3ccc(-c4ccccc4)cc3Cl)CC2)cc1. The maximum Gasteiger partial charge on any atom is 0.258 e. The molecular weight excluding hydrogens is 464 g/mol. The van der Waals surface area contributed by atoms with Gasteiger partial charge in [0.1, 0.15) is 11.5 Å². The van der Waals surface area contributed by atoms with Crippen molar-refractivity contribution >= 4 is 23.4 Å². The second-order valence-electron chi connectivity index (χ2n) is 8.39. The van der Waals surface area contributed by atoms with Crippen LogP contribution in [0, 0.1) is 0 Å². The van der Waals surface area contributed by atoms with E-state index in [1.165, 1.54) is 0 Å². The Morgan fingerprint density at radius 1 is 0.943 bits per heavy atom. The first-order valence-corrected chi connectivity index (χ1v) is 12.2. The van der Waals surface area contributed by atoms with Crippen molar-refractivity contribution in [1.29, 1.82) is 0 Å². The van der Waals surface area contributed by atoms with E-state index < -0.39 is 0 Å². The second kappa shape index (κ2) is 11.8. The summed E-state index contributed by atoms with van der Waals surface area (Å²) in [6.07, 6.45) is 1.39. The number of piperidine rings is 1. The second-order valence-corrected chi connectivity index (χ2v) is 8.80. The van der Waals surface area contributed by atoms with Gasteiger partial charge in [0, 0.05) is 24.7 Å². The van der Waals surface area contributed by atoms with E-state index in [9.17, 15) is 9.59 Å². The van der Waals surface area contributed by atoms with Crippen LogP contribution in [0.2, 0.25) is 5.02 Å². The molecule has 1 saturated heterocycles. The van der Waals surface area contributed by atoms with Crippen LogP contribution >= 0.6 is 11.6 Å². The highest BCUT2D eigenvalue weighted by Gasteiger charge is 2.24. The number of halogens is 1. The number of hydrogen-bond acceptors (Lipinski definition) is 4. The van der Waals surface area contributed by atoms with Gasteiger partial charge >= 0.3 is 0 Å². The Balaban J connectivity index is 1.22. The molecule has 0 atom stereocenters. The molecule has 6 nitrogen and oxygen atoms in total. The Kier molecular flexibility index (Phi) is 8.27. The summed E-state index contributed by atoms with van der Waals surface area (Å²) in [5.41, 5.74) is 2.68. The molecule has 35 heavy (non-hydrogen) atoms. The molecule has 0 unspecified atom stereocenters. The van der Waals surface area contributed by atoms with Gasteiger partial charge in [0.2, 0.25) is 0 Å². The molecular formula is C28H29ClN2O4. The van der Waals surface area contributed by atoms with Crippen LogP contribution in [0.15, 0.2) is 72.8 Å². The average molecular weight is 493 g/mol. The number of carbonyl (C=O) groups is 2. The third-order valence-electron chi connectivity index (χ3n) is 5.96. The van der Waals surface area contributed by atoms with Crippen LogP contribution < -0.4 is 14.8 Å². The van der Waals surface area contributed by atoms with E-state index in [4.69, 9.17) is 21.1 Å². The normalized spacial score (nSPS) is 13.8. The van der Waals surface area contributed by atoms with Crippen LogP contribution in [0.3, 0.4) is 0 Å². The minimum Gasteiger partial charge on any atom is -0.494 e. The summed E-state index contributed by atoms with van der Waals surface area (Å²) >= 11 is 6.37. The minimum atomic E-state index is -0.204. The fraction of sp³-hybridized carbons (Fsp3) is 0.286. The number of nitrogens with zero attached hydrogens (tertiary/aromatic N) is 1. The largest absolute Gasteiger partial charge is 0.494 e. The molecule has 0 bridgehead atoms. The zero-order chi connectivity index (χ0) is 24.6. The Morgan fingerprint density at radius 3 is 2.31 bits per heavy atom. The first kappa shape index (κ1) is 24.6. The van der Waals surface area contributed by atoms with Crippen LogP contribution in [0.1, 0.15) is 30.1 Å². The topological polar surface area (TPSA) is 67.9 Å². The third kappa shape index (κ3) is 6.55. The first-order chi connectivity index (χ1) is 17.0. The first-order valence-electron chi connectivity index (χ1n) is 11.8. The molecule has 4 rings (SSSR count). The van der Waals surface area contributed by atoms with Gasteiger partial charge in [0.15, 0.2) is 6.61 Å². The van der Waals surface area contributed by atoms with Crippen molar-refractivity contribution in [3.05, 3.63) is 83.4 Å². The molecule has 7 heteroatoms. The van der Waals surface area contributed by atoms with Crippen molar-refractivity contribution in [3.8, 4) is 22.6 Å². The van der Waals surface area contributed by atoms with Crippen LogP contribution in [0.5, 0.6) is 11.5 Å². The predicted octanol–water partition coefficient (Wildman–Crippen LogP) is 5.21. The number of rotatable bonds is 8. The average Bonchev–Trinajstić information content (AvgIpc) is 2.89. The molecule has 0 aromatic heterocycles. The van der Waals surface area contributed by atoms with E-state index in [0.29, 0.717) is 48.9 Å². The van der Waals surface area contributed by atoms with Gasteiger partial charge in [-0.05, 0) is 67.3 Å². The number of likely N-dealkylation sites (tertiary alicyclic amines) is 1. The van der Waals surface area contributed by atoms with Crippen molar-refractivity contribution in [2.75, 3.05) is 26.3 Å². The van der Waals surface area contributed by atoms with Gasteiger partial charge in [-0.3, -0.25) is 9.59 Å². The summed E-state index contributed by atoms with van der Waals surface area (Å²) in [6.45, 7) is 3.57. The Hall–Kier alpha value is -3.51. The van der Waals surface area contributed by atoms with Gasteiger partial charge < -0.3 is 19.7 Å². The Bertz CT molecular complexity index is 1140. The van der Waals surface area contributed by atoms with Crippen molar-refractivity contribution in [2.24, 2.45) is 0 Å². The highest BCUT2D eigenvalue weighted by molar-refractivity contribution is 6.32. The van der Waals surface area contributed by atoms with Gasteiger partial charge in [-0.1, -0.05) is 48.0 Å². The van der Waals surface area contributed by atoms with E-state index in [-0.39, 0.29) is 24.5 Å². The highest BCUT2D eigenvalue weighted by atomic mass is 35.5. The van der Waals surface area contributed by atoms with Crippen LogP contribution in [0.25, 0.3) is 11.1 Å². The van der Waals surface area contributed by atoms with Crippen LogP contribution in [-0.4, -0.2) is 49.1 Å². The summed E-state index contributed by atoms with van der Waals surface area (Å²) in [4.78, 5) is 27.0. The zero-order valence-corrected chi connectivity index (χ0v) is 20.5. The van der Waals surface area contributed by atoms with Gasteiger partial charge in [-0.2, -0.15) is 0 Å². The Morgan fingerprint density at radius 2 is 1.66 bits per heavy atom. The number of benzene rings is 3. The summed E-state index contributed by atoms with van der Waals surface area (Å²) in [5.74, 6) is 1.01. The van der Waals surface area contributed by atoms with Crippen molar-refractivity contribution < 1.29 is 19.1 Å². The van der Waals surface area contributed by atoms with Crippen molar-refractivity contribution in [2.45, 2.75) is 25.8 Å². The fourth-order valence-corrected chi connectivity index (χ4v) is 4.35. The highest BCUT2D eigenvalue weighted by Crippen LogP contribution is 2.30. The zero-order valence-electron chi connectivity index (χ0n) is 19.7. The molecule has 0 aliphatic carbocycles. The van der Waals surface area contributed by atoms with Crippen molar-refractivity contribution in [1.82, 2.24) is 10.2 Å². The third-order valence-corrected chi connectivity index (χ3v) is 6.25. The number of carbonyl (C=O) groups excluding carboxylic acids is 2. The van der Waals surface area contributed by atoms with Crippen molar-refractivity contribution in [3.63, 3.8) is 0 Å². The molecule has 1 N–H and O–H groups in total. The quantitative estimate of drug-likeness (QED) is 0.469. The summed E-state index contributed by atoms with van der Waals surface area (Å²) in [7, 11) is 0. The molecule has 1 aliphatic heterocycles. The molecule has 0 spiro atoms. The van der Waals surface area contributed by atoms with E-state index >= 15 is 0 Å². The maximum atomic E-state index is 12.8. The number of ether oxygens (including phenoxy) is 2. The minimum absolute atomic E-state index is 0.00486. The lowest BCUT2D eigenvalue weighted by atomic mass is 10.0. The molecule has 0 radical (unpaired) electrons. The maximum absolute atomic E-state index is 12.8. The molecule has 3 aromatic carbocycles. The van der Waals surface area contributed by atoms with Gasteiger partial charge in [-0.15, -0.1) is 0 Å². The summed E-state index contributed by atoms with van der Waals surface area (Å²) in [6, 6.07) is 22.7. The number of hydrogen-bond donors (Lipinski definition) is 1. The lowest BCUT2D eigenvalue weighted by Gasteiger charge is -2.32. The summed E-state index contributed by atoms with van der Waals surface area (Å²) < 4.78 is 11.1. The van der Waals surface area contributed by atoms with E-state index in [1.54, 1.807) is 18.2 Å². The number of nitrogens with one attached hydrogen (secondary N) is 1. The van der Waals surface area contributed by atoms with Crippen LogP contribution in [0.4, 0.5) is 0 Å². The molecule has 2 amide bonds. The summed E-state index contributed by atoms with van der Waals surface area (Å²) in [5, 5.41) is 3.46. The number of amides is 2. The standard InChI is InChI=1S/C28H29ClN2O4/c1-2-34-24-11-8-21(9-12-24)28(33)31-16-14-23(15-17-31)30-27(32)19-35-26-13-10-22(18-25(26)29)20-6-4-3-5-7-20/h3-13,18,23H,2,14-17,19H2,1H3,(H,30,32). The molecule has 1 aliphatic rings. The van der Waals surface area contributed by atoms with Gasteiger partial charge in [-0.25, -0.2) is 0 Å². The Labute approximate surface area is 210 Å². The molecule has 0 saturated carbocycles. The molecule has 1 fully saturated rings. The molecule has 1 heterocycles. The van der Waals surface area contributed by atoms with E-state index in [0.717, 1.165) is 16.9 Å². The predicted molar refractivity (Wildman–Crippen MR) is 137 cm³/mol. The lowest BCUT2D eigenvalue weighted by Crippen LogP contribution is -2.47. The lowest BCUT2D eigenvalue weighted by molar-refractivity contribution is -0.124. The van der Waals surface area contributed by atoms with Crippen LogP contribution in [-0.2, 0) is 4.79 Å². The smallest absolute Gasteiger partial charge is 0.258 e. The fourth-order valence-electron chi connectivity index (χ4n) is 4.11. The van der Waals surface area contributed by atoms with Gasteiger partial charge in [0.25, 0.3) is 11.8 Å². The van der Waals surface area contributed by atoms with E-state index in [2.05, 4.69) is 5.32 Å². The molecule has 182 valence electrons. The van der Waals surface area contributed by atoms with E-state index in [1.807, 2.05) is 66.4 Å². The monoisotopic (exact) mass is 492 g/mol. The van der Waals surface area contributed by atoms with Gasteiger partial charge in [0.05, 0.1) is 11.6 Å². The molecule has 3 aromatic rings.